The zero-order chi connectivity index (χ0) is 12.9. The molecule has 0 saturated heterocycles. The summed E-state index contributed by atoms with van der Waals surface area (Å²) in [6.07, 6.45) is 5.02. The maximum Gasteiger partial charge on any atom is 0.194 e. The normalized spacial score (nSPS) is 16.2. The summed E-state index contributed by atoms with van der Waals surface area (Å²) in [6, 6.07) is 0. The minimum Gasteiger partial charge on any atom is -0.325 e. The standard InChI is InChI=1S/C14H21N3S/c1-14(2,3)12-10(8-15)17-9-6-4-5-7-11(9)18-13(17)16-12/h4-8,15H2,1-3H3. The zero-order valence-corrected chi connectivity index (χ0v) is 12.2. The summed E-state index contributed by atoms with van der Waals surface area (Å²) < 4.78 is 2.35. The predicted octanol–water partition coefficient (Wildman–Crippen LogP) is 3.03. The van der Waals surface area contributed by atoms with Crippen molar-refractivity contribution in [2.24, 2.45) is 5.73 Å². The van der Waals surface area contributed by atoms with Crippen LogP contribution in [0, 0.1) is 0 Å². The van der Waals surface area contributed by atoms with Gasteiger partial charge in [0.1, 0.15) is 0 Å². The molecule has 3 rings (SSSR count). The van der Waals surface area contributed by atoms with Gasteiger partial charge in [0, 0.05) is 22.5 Å². The molecule has 0 unspecified atom stereocenters. The number of thiazole rings is 1. The second kappa shape index (κ2) is 4.07. The Labute approximate surface area is 112 Å². The lowest BCUT2D eigenvalue weighted by molar-refractivity contribution is 0.562. The predicted molar refractivity (Wildman–Crippen MR) is 76.3 cm³/mol. The van der Waals surface area contributed by atoms with E-state index in [9.17, 15) is 0 Å². The van der Waals surface area contributed by atoms with Crippen LogP contribution in [0.4, 0.5) is 0 Å². The van der Waals surface area contributed by atoms with E-state index < -0.39 is 0 Å². The van der Waals surface area contributed by atoms with Crippen LogP contribution in [0.1, 0.15) is 55.6 Å². The van der Waals surface area contributed by atoms with Gasteiger partial charge in [0.25, 0.3) is 0 Å². The van der Waals surface area contributed by atoms with Crippen LogP contribution in [0.3, 0.4) is 0 Å². The first-order valence-corrected chi connectivity index (χ1v) is 7.56. The van der Waals surface area contributed by atoms with Gasteiger partial charge < -0.3 is 5.73 Å². The van der Waals surface area contributed by atoms with Gasteiger partial charge in [-0.05, 0) is 25.7 Å². The van der Waals surface area contributed by atoms with E-state index in [4.69, 9.17) is 10.7 Å². The van der Waals surface area contributed by atoms with Crippen LogP contribution in [0.25, 0.3) is 4.96 Å². The molecule has 4 heteroatoms. The largest absolute Gasteiger partial charge is 0.325 e. The van der Waals surface area contributed by atoms with Crippen molar-refractivity contribution in [3.8, 4) is 0 Å². The minimum absolute atomic E-state index is 0.0714. The SMILES string of the molecule is CC(C)(C)c1nc2sc3c(n2c1CN)CCCC3. The van der Waals surface area contributed by atoms with E-state index in [1.165, 1.54) is 47.6 Å². The fraction of sp³-hybridized carbons (Fsp3) is 0.643. The Hall–Kier alpha value is -0.870. The van der Waals surface area contributed by atoms with Gasteiger partial charge in [-0.15, -0.1) is 11.3 Å². The third-order valence-electron chi connectivity index (χ3n) is 3.72. The van der Waals surface area contributed by atoms with Crippen LogP contribution in [0.5, 0.6) is 0 Å². The summed E-state index contributed by atoms with van der Waals surface area (Å²) in [5.74, 6) is 0. The molecule has 0 atom stereocenters. The molecule has 0 spiro atoms. The van der Waals surface area contributed by atoms with Crippen LogP contribution in [0.15, 0.2) is 0 Å². The molecule has 0 bridgehead atoms. The van der Waals surface area contributed by atoms with E-state index in [0.29, 0.717) is 6.54 Å². The second-order valence-corrected chi connectivity index (χ2v) is 7.22. The van der Waals surface area contributed by atoms with E-state index in [-0.39, 0.29) is 5.41 Å². The van der Waals surface area contributed by atoms with Crippen molar-refractivity contribution in [1.29, 1.82) is 0 Å². The zero-order valence-electron chi connectivity index (χ0n) is 11.4. The van der Waals surface area contributed by atoms with E-state index in [0.717, 1.165) is 4.96 Å². The van der Waals surface area contributed by atoms with Crippen LogP contribution in [0.2, 0.25) is 0 Å². The molecule has 1 aliphatic carbocycles. The van der Waals surface area contributed by atoms with Gasteiger partial charge >= 0.3 is 0 Å². The number of aryl methyl sites for hydroxylation is 2. The lowest BCUT2D eigenvalue weighted by atomic mass is 9.90. The molecule has 0 fully saturated rings. The van der Waals surface area contributed by atoms with Crippen molar-refractivity contribution in [3.05, 3.63) is 22.0 Å². The lowest BCUT2D eigenvalue weighted by Crippen LogP contribution is -2.17. The summed E-state index contributed by atoms with van der Waals surface area (Å²) in [7, 11) is 0. The molecule has 0 saturated carbocycles. The van der Waals surface area contributed by atoms with Gasteiger partial charge in [-0.2, -0.15) is 0 Å². The Bertz CT molecular complexity index is 586. The molecule has 2 N–H and O–H groups in total. The van der Waals surface area contributed by atoms with Gasteiger partial charge in [0.05, 0.1) is 11.4 Å². The molecule has 2 heterocycles. The number of fused-ring (bicyclic) bond motifs is 3. The number of nitrogens with two attached hydrogens (primary N) is 1. The van der Waals surface area contributed by atoms with Gasteiger partial charge in [-0.25, -0.2) is 4.98 Å². The van der Waals surface area contributed by atoms with Crippen molar-refractivity contribution in [3.63, 3.8) is 0 Å². The molecule has 98 valence electrons. The van der Waals surface area contributed by atoms with Crippen molar-refractivity contribution < 1.29 is 0 Å². The van der Waals surface area contributed by atoms with Crippen molar-refractivity contribution in [2.45, 2.75) is 58.4 Å². The molecule has 0 aliphatic heterocycles. The van der Waals surface area contributed by atoms with Gasteiger partial charge in [0.2, 0.25) is 0 Å². The summed E-state index contributed by atoms with van der Waals surface area (Å²) in [4.78, 5) is 7.53. The molecule has 0 amide bonds. The first-order valence-electron chi connectivity index (χ1n) is 6.75. The Morgan fingerprint density at radius 1 is 1.28 bits per heavy atom. The molecule has 0 aromatic carbocycles. The van der Waals surface area contributed by atoms with Crippen LogP contribution in [-0.4, -0.2) is 9.38 Å². The first-order chi connectivity index (χ1) is 8.52. The number of hydrogen-bond donors (Lipinski definition) is 1. The Balaban J connectivity index is 2.28. The highest BCUT2D eigenvalue weighted by Gasteiger charge is 2.27. The van der Waals surface area contributed by atoms with Crippen molar-refractivity contribution in [1.82, 2.24) is 9.38 Å². The first kappa shape index (κ1) is 12.2. The summed E-state index contributed by atoms with van der Waals surface area (Å²) in [6.45, 7) is 7.22. The number of aromatic nitrogens is 2. The summed E-state index contributed by atoms with van der Waals surface area (Å²) in [5.41, 5.74) is 9.93. The van der Waals surface area contributed by atoms with E-state index in [1.807, 2.05) is 11.3 Å². The summed E-state index contributed by atoms with van der Waals surface area (Å²) in [5, 5.41) is 0. The molecular formula is C14H21N3S. The Morgan fingerprint density at radius 3 is 2.67 bits per heavy atom. The number of rotatable bonds is 1. The monoisotopic (exact) mass is 263 g/mol. The molecule has 2 aromatic heterocycles. The average molecular weight is 263 g/mol. The van der Waals surface area contributed by atoms with E-state index in [2.05, 4.69) is 25.2 Å². The van der Waals surface area contributed by atoms with Gasteiger partial charge in [-0.3, -0.25) is 4.40 Å². The maximum absolute atomic E-state index is 5.99. The van der Waals surface area contributed by atoms with Crippen LogP contribution in [-0.2, 0) is 24.8 Å². The second-order valence-electron chi connectivity index (χ2n) is 6.16. The van der Waals surface area contributed by atoms with Crippen LogP contribution < -0.4 is 5.73 Å². The highest BCUT2D eigenvalue weighted by Crippen LogP contribution is 2.35. The minimum atomic E-state index is 0.0714. The third-order valence-corrected chi connectivity index (χ3v) is 4.86. The quantitative estimate of drug-likeness (QED) is 0.859. The number of imidazole rings is 1. The smallest absolute Gasteiger partial charge is 0.194 e. The van der Waals surface area contributed by atoms with Gasteiger partial charge in [0.15, 0.2) is 4.96 Å². The average Bonchev–Trinajstić information content (AvgIpc) is 2.82. The molecular weight excluding hydrogens is 242 g/mol. The number of nitrogens with zero attached hydrogens (tertiary/aromatic N) is 2. The molecule has 1 aliphatic rings. The van der Waals surface area contributed by atoms with E-state index in [1.54, 1.807) is 0 Å². The maximum atomic E-state index is 5.99. The van der Waals surface area contributed by atoms with Crippen LogP contribution >= 0.6 is 11.3 Å². The Morgan fingerprint density at radius 2 is 2.00 bits per heavy atom. The highest BCUT2D eigenvalue weighted by atomic mass is 32.1. The molecule has 3 nitrogen and oxygen atoms in total. The van der Waals surface area contributed by atoms with Crippen molar-refractivity contribution in [2.75, 3.05) is 0 Å². The molecule has 2 aromatic rings. The fourth-order valence-corrected chi connectivity index (χ4v) is 4.11. The fourth-order valence-electron chi connectivity index (χ4n) is 2.89. The summed E-state index contributed by atoms with van der Waals surface area (Å²) >= 11 is 1.86. The lowest BCUT2D eigenvalue weighted by Gasteiger charge is -2.18. The molecule has 18 heavy (non-hydrogen) atoms. The Kier molecular flexibility index (Phi) is 2.75. The topological polar surface area (TPSA) is 43.3 Å². The van der Waals surface area contributed by atoms with Crippen molar-refractivity contribution >= 4 is 16.3 Å². The third kappa shape index (κ3) is 1.70. The number of hydrogen-bond acceptors (Lipinski definition) is 3. The highest BCUT2D eigenvalue weighted by molar-refractivity contribution is 7.17. The van der Waals surface area contributed by atoms with E-state index >= 15 is 0 Å². The van der Waals surface area contributed by atoms with Gasteiger partial charge in [-0.1, -0.05) is 20.8 Å². The molecule has 0 radical (unpaired) electrons.